The van der Waals surface area contributed by atoms with E-state index in [-0.39, 0.29) is 25.1 Å². The number of alkyl halides is 3. The van der Waals surface area contributed by atoms with Gasteiger partial charge in [0.25, 0.3) is 0 Å². The Morgan fingerprint density at radius 2 is 2.06 bits per heavy atom. The van der Waals surface area contributed by atoms with Crippen molar-refractivity contribution in [3.8, 4) is 0 Å². The molecule has 0 bridgehead atoms. The molecule has 1 amide bonds. The van der Waals surface area contributed by atoms with Gasteiger partial charge in [-0.1, -0.05) is 6.07 Å². The van der Waals surface area contributed by atoms with Gasteiger partial charge in [0.1, 0.15) is 0 Å². The highest BCUT2D eigenvalue weighted by Gasteiger charge is 2.30. The van der Waals surface area contributed by atoms with E-state index in [4.69, 9.17) is 5.11 Å². The van der Waals surface area contributed by atoms with Gasteiger partial charge in [0.15, 0.2) is 0 Å². The predicted octanol–water partition coefficient (Wildman–Crippen LogP) is 2.72. The Morgan fingerprint density at radius 3 is 2.61 bits per heavy atom. The Morgan fingerprint density at radius 1 is 1.39 bits per heavy atom. The molecule has 0 saturated carbocycles. The van der Waals surface area contributed by atoms with E-state index >= 15 is 0 Å². The van der Waals surface area contributed by atoms with E-state index < -0.39 is 17.6 Å². The maximum Gasteiger partial charge on any atom is 0.416 e. The Kier molecular flexibility index (Phi) is 4.72. The second kappa shape index (κ2) is 5.86. The third kappa shape index (κ3) is 4.03. The van der Waals surface area contributed by atoms with E-state index in [0.29, 0.717) is 5.56 Å². The van der Waals surface area contributed by atoms with Crippen molar-refractivity contribution in [1.82, 2.24) is 0 Å². The highest BCUT2D eigenvalue weighted by Crippen LogP contribution is 2.32. The highest BCUT2D eigenvalue weighted by atomic mass is 19.4. The molecule has 0 aliphatic rings. The summed E-state index contributed by atoms with van der Waals surface area (Å²) in [5.41, 5.74) is -0.0985. The summed E-state index contributed by atoms with van der Waals surface area (Å²) >= 11 is 0. The number of hydrogen-bond acceptors (Lipinski definition) is 2. The summed E-state index contributed by atoms with van der Waals surface area (Å²) in [4.78, 5) is 11.4. The molecule has 0 saturated heterocycles. The standard InChI is InChI=1S/C12H14F3NO2/c1-8-4-5-9(12(13,14)15)7-10(8)16-11(18)3-2-6-17/h4-5,7,17H,2-3,6H2,1H3,(H,16,18). The Bertz CT molecular complexity index is 430. The molecule has 18 heavy (non-hydrogen) atoms. The van der Waals surface area contributed by atoms with Crippen molar-refractivity contribution in [1.29, 1.82) is 0 Å². The van der Waals surface area contributed by atoms with Crippen molar-refractivity contribution in [2.45, 2.75) is 25.9 Å². The number of benzene rings is 1. The first-order valence-corrected chi connectivity index (χ1v) is 5.43. The van der Waals surface area contributed by atoms with Gasteiger partial charge in [-0.2, -0.15) is 13.2 Å². The second-order valence-electron chi connectivity index (χ2n) is 3.90. The normalized spacial score (nSPS) is 11.4. The van der Waals surface area contributed by atoms with Crippen molar-refractivity contribution in [3.05, 3.63) is 29.3 Å². The molecule has 1 aromatic carbocycles. The van der Waals surface area contributed by atoms with Gasteiger partial charge >= 0.3 is 6.18 Å². The summed E-state index contributed by atoms with van der Waals surface area (Å²) in [5, 5.41) is 11.0. The predicted molar refractivity (Wildman–Crippen MR) is 61.1 cm³/mol. The quantitative estimate of drug-likeness (QED) is 0.875. The summed E-state index contributed by atoms with van der Waals surface area (Å²) in [6.45, 7) is 1.48. The number of nitrogens with one attached hydrogen (secondary N) is 1. The minimum Gasteiger partial charge on any atom is -0.396 e. The van der Waals surface area contributed by atoms with E-state index in [1.807, 2.05) is 0 Å². The van der Waals surface area contributed by atoms with Crippen LogP contribution in [0.5, 0.6) is 0 Å². The fourth-order valence-corrected chi connectivity index (χ4v) is 1.39. The number of aliphatic hydroxyl groups is 1. The average molecular weight is 261 g/mol. The van der Waals surface area contributed by atoms with Gasteiger partial charge in [0, 0.05) is 18.7 Å². The maximum atomic E-state index is 12.5. The lowest BCUT2D eigenvalue weighted by Gasteiger charge is -2.12. The molecule has 0 aliphatic heterocycles. The molecule has 0 spiro atoms. The second-order valence-corrected chi connectivity index (χ2v) is 3.90. The van der Waals surface area contributed by atoms with Crippen LogP contribution in [0.4, 0.5) is 18.9 Å². The molecule has 0 aromatic heterocycles. The first kappa shape index (κ1) is 14.5. The topological polar surface area (TPSA) is 49.3 Å². The van der Waals surface area contributed by atoms with E-state index in [0.717, 1.165) is 12.1 Å². The SMILES string of the molecule is Cc1ccc(C(F)(F)F)cc1NC(=O)CCCO. The lowest BCUT2D eigenvalue weighted by molar-refractivity contribution is -0.137. The molecule has 0 fully saturated rings. The van der Waals surface area contributed by atoms with Crippen molar-refractivity contribution in [3.63, 3.8) is 0 Å². The van der Waals surface area contributed by atoms with Crippen molar-refractivity contribution in [2.24, 2.45) is 0 Å². The van der Waals surface area contributed by atoms with Crippen LogP contribution in [0, 0.1) is 6.92 Å². The summed E-state index contributed by atoms with van der Waals surface area (Å²) < 4.78 is 37.5. The molecule has 0 unspecified atom stereocenters. The first-order valence-electron chi connectivity index (χ1n) is 5.43. The molecule has 3 nitrogen and oxygen atoms in total. The van der Waals surface area contributed by atoms with Crippen LogP contribution < -0.4 is 5.32 Å². The van der Waals surface area contributed by atoms with Gasteiger partial charge < -0.3 is 10.4 Å². The molecule has 0 heterocycles. The van der Waals surface area contributed by atoms with Gasteiger partial charge in [-0.3, -0.25) is 4.79 Å². The molecule has 0 aliphatic carbocycles. The number of anilines is 1. The van der Waals surface area contributed by atoms with Crippen LogP contribution in [-0.4, -0.2) is 17.6 Å². The Balaban J connectivity index is 2.85. The van der Waals surface area contributed by atoms with Crippen LogP contribution in [0.2, 0.25) is 0 Å². The molecule has 1 aromatic rings. The van der Waals surface area contributed by atoms with Crippen molar-refractivity contribution < 1.29 is 23.1 Å². The van der Waals surface area contributed by atoms with E-state index in [9.17, 15) is 18.0 Å². The number of aryl methyl sites for hydroxylation is 1. The van der Waals surface area contributed by atoms with Crippen LogP contribution in [0.25, 0.3) is 0 Å². The zero-order valence-corrected chi connectivity index (χ0v) is 9.84. The zero-order valence-electron chi connectivity index (χ0n) is 9.84. The number of carbonyl (C=O) groups is 1. The fourth-order valence-electron chi connectivity index (χ4n) is 1.39. The molecule has 6 heteroatoms. The van der Waals surface area contributed by atoms with E-state index in [1.165, 1.54) is 6.07 Å². The van der Waals surface area contributed by atoms with Crippen LogP contribution in [0.1, 0.15) is 24.0 Å². The fraction of sp³-hybridized carbons (Fsp3) is 0.417. The molecule has 2 N–H and O–H groups in total. The number of hydrogen-bond donors (Lipinski definition) is 2. The number of amides is 1. The van der Waals surface area contributed by atoms with E-state index in [1.54, 1.807) is 6.92 Å². The molecule has 100 valence electrons. The molecule has 0 radical (unpaired) electrons. The third-order valence-electron chi connectivity index (χ3n) is 2.40. The maximum absolute atomic E-state index is 12.5. The number of rotatable bonds is 4. The monoisotopic (exact) mass is 261 g/mol. The first-order chi connectivity index (χ1) is 8.34. The molecule has 0 atom stereocenters. The lowest BCUT2D eigenvalue weighted by atomic mass is 10.1. The van der Waals surface area contributed by atoms with Gasteiger partial charge in [-0.15, -0.1) is 0 Å². The zero-order chi connectivity index (χ0) is 13.8. The largest absolute Gasteiger partial charge is 0.416 e. The Labute approximate surface area is 103 Å². The summed E-state index contributed by atoms with van der Waals surface area (Å²) in [6.07, 6.45) is -4.08. The summed E-state index contributed by atoms with van der Waals surface area (Å²) in [7, 11) is 0. The third-order valence-corrected chi connectivity index (χ3v) is 2.40. The highest BCUT2D eigenvalue weighted by molar-refractivity contribution is 5.91. The van der Waals surface area contributed by atoms with Gasteiger partial charge in [-0.05, 0) is 31.0 Å². The van der Waals surface area contributed by atoms with E-state index in [2.05, 4.69) is 5.32 Å². The van der Waals surface area contributed by atoms with Crippen LogP contribution >= 0.6 is 0 Å². The molecular formula is C12H14F3NO2. The average Bonchev–Trinajstić information content (AvgIpc) is 2.28. The number of carbonyl (C=O) groups excluding carboxylic acids is 1. The lowest BCUT2D eigenvalue weighted by Crippen LogP contribution is -2.14. The van der Waals surface area contributed by atoms with Crippen LogP contribution in [0.15, 0.2) is 18.2 Å². The van der Waals surface area contributed by atoms with Crippen LogP contribution in [-0.2, 0) is 11.0 Å². The van der Waals surface area contributed by atoms with Crippen LogP contribution in [0.3, 0.4) is 0 Å². The minimum absolute atomic E-state index is 0.0756. The van der Waals surface area contributed by atoms with Crippen molar-refractivity contribution in [2.75, 3.05) is 11.9 Å². The number of halogens is 3. The summed E-state index contributed by atoms with van der Waals surface area (Å²) in [5.74, 6) is -0.411. The minimum atomic E-state index is -4.43. The molecule has 1 rings (SSSR count). The van der Waals surface area contributed by atoms with Gasteiger partial charge in [0.2, 0.25) is 5.91 Å². The number of aliphatic hydroxyl groups excluding tert-OH is 1. The Hall–Kier alpha value is -1.56. The van der Waals surface area contributed by atoms with Crippen molar-refractivity contribution >= 4 is 11.6 Å². The summed E-state index contributed by atoms with van der Waals surface area (Å²) in [6, 6.07) is 3.19. The molecular weight excluding hydrogens is 247 g/mol. The van der Waals surface area contributed by atoms with Gasteiger partial charge in [-0.25, -0.2) is 0 Å². The van der Waals surface area contributed by atoms with Gasteiger partial charge in [0.05, 0.1) is 5.56 Å². The smallest absolute Gasteiger partial charge is 0.396 e.